The van der Waals surface area contributed by atoms with Crippen molar-refractivity contribution in [3.63, 3.8) is 0 Å². The number of hydrogen-bond acceptors (Lipinski definition) is 5. The average Bonchev–Trinajstić information content (AvgIpc) is 2.97. The topological polar surface area (TPSA) is 74.1 Å². The summed E-state index contributed by atoms with van der Waals surface area (Å²) < 4.78 is 11.9. The molecule has 1 aliphatic heterocycles. The Kier molecular flexibility index (Phi) is 8.26. The highest BCUT2D eigenvalue weighted by atomic mass is 16.5. The molecular formula is C39H62NO5+. The Labute approximate surface area is 272 Å². The molecule has 0 amide bonds. The van der Waals surface area contributed by atoms with Crippen molar-refractivity contribution in [2.24, 2.45) is 50.2 Å². The molecule has 5 fully saturated rings. The molecule has 6 heteroatoms. The van der Waals surface area contributed by atoms with E-state index < -0.39 is 5.41 Å². The maximum Gasteiger partial charge on any atom is 0.312 e. The number of carbonyl (C=O) groups excluding carboxylic acids is 3. The number of hydrogen-bond donors (Lipinski definition) is 1. The Bertz CT molecular complexity index is 1250. The number of piperidine rings is 1. The van der Waals surface area contributed by atoms with E-state index in [1.165, 1.54) is 44.8 Å². The smallest absolute Gasteiger partial charge is 0.312 e. The van der Waals surface area contributed by atoms with Gasteiger partial charge in [-0.15, -0.1) is 0 Å². The van der Waals surface area contributed by atoms with Crippen molar-refractivity contribution in [2.45, 2.75) is 139 Å². The number of esters is 2. The van der Waals surface area contributed by atoms with Crippen LogP contribution in [-0.4, -0.2) is 50.1 Å². The molecule has 6 nitrogen and oxygen atoms in total. The number of fused-ring (bicyclic) bond motifs is 7. The van der Waals surface area contributed by atoms with Crippen molar-refractivity contribution < 1.29 is 28.8 Å². The molecule has 4 saturated carbocycles. The number of ether oxygens (including phenoxy) is 2. The van der Waals surface area contributed by atoms with Gasteiger partial charge in [-0.1, -0.05) is 47.1 Å². The zero-order valence-electron chi connectivity index (χ0n) is 29.7. The second kappa shape index (κ2) is 11.2. The SMILES string of the molecule is CC(=O)O[C@@H]1CC[C@]2(C)[C@H](CC[C@]3(C)[C@@H]2C(=O)C=C2[C@H]4C[C@@](C)(C(=O)OCC[NH+]5CCCCC5)CC[C@]4(C)CC[C@@]23C)C1(C)C. The fourth-order valence-electron chi connectivity index (χ4n) is 12.5. The summed E-state index contributed by atoms with van der Waals surface area (Å²) in [6, 6.07) is 0. The van der Waals surface area contributed by atoms with Crippen LogP contribution in [0.3, 0.4) is 0 Å². The number of ketones is 1. The van der Waals surface area contributed by atoms with Crippen LogP contribution in [0.2, 0.25) is 0 Å². The molecular weight excluding hydrogens is 562 g/mol. The summed E-state index contributed by atoms with van der Waals surface area (Å²) in [5.74, 6) is 0.567. The molecule has 9 atom stereocenters. The molecule has 1 N–H and O–H groups in total. The van der Waals surface area contributed by atoms with Crippen LogP contribution >= 0.6 is 0 Å². The van der Waals surface area contributed by atoms with Gasteiger partial charge in [0.15, 0.2) is 5.78 Å². The van der Waals surface area contributed by atoms with Crippen molar-refractivity contribution in [1.29, 1.82) is 0 Å². The van der Waals surface area contributed by atoms with Crippen LogP contribution < -0.4 is 4.90 Å². The van der Waals surface area contributed by atoms with E-state index in [4.69, 9.17) is 9.47 Å². The number of carbonyl (C=O) groups is 3. The van der Waals surface area contributed by atoms with E-state index in [0.29, 0.717) is 18.3 Å². The molecule has 6 aliphatic rings. The van der Waals surface area contributed by atoms with Gasteiger partial charge < -0.3 is 14.4 Å². The predicted octanol–water partition coefficient (Wildman–Crippen LogP) is 6.51. The van der Waals surface area contributed by atoms with E-state index in [1.807, 2.05) is 0 Å². The van der Waals surface area contributed by atoms with Crippen molar-refractivity contribution in [3.8, 4) is 0 Å². The van der Waals surface area contributed by atoms with Gasteiger partial charge in [0.2, 0.25) is 0 Å². The summed E-state index contributed by atoms with van der Waals surface area (Å²) in [5, 5.41) is 0. The molecule has 1 saturated heterocycles. The molecule has 6 rings (SSSR count). The van der Waals surface area contributed by atoms with E-state index in [-0.39, 0.29) is 57.0 Å². The van der Waals surface area contributed by atoms with Gasteiger partial charge in [-0.25, -0.2) is 0 Å². The number of quaternary nitrogens is 1. The molecule has 0 aromatic rings. The van der Waals surface area contributed by atoms with Crippen LogP contribution in [0, 0.1) is 50.2 Å². The summed E-state index contributed by atoms with van der Waals surface area (Å²) in [6.07, 6.45) is 14.6. The van der Waals surface area contributed by atoms with Crippen molar-refractivity contribution in [2.75, 3.05) is 26.2 Å². The number of allylic oxidation sites excluding steroid dienone is 2. The average molecular weight is 625 g/mol. The first-order valence-electron chi connectivity index (χ1n) is 18.4. The van der Waals surface area contributed by atoms with Gasteiger partial charge in [-0.2, -0.15) is 0 Å². The minimum absolute atomic E-state index is 0.0279. The van der Waals surface area contributed by atoms with Gasteiger partial charge >= 0.3 is 11.9 Å². The minimum atomic E-state index is -0.510. The monoisotopic (exact) mass is 624 g/mol. The molecule has 252 valence electrons. The fourth-order valence-corrected chi connectivity index (χ4v) is 12.5. The van der Waals surface area contributed by atoms with E-state index in [2.05, 4.69) is 54.5 Å². The highest BCUT2D eigenvalue weighted by molar-refractivity contribution is 5.95. The maximum atomic E-state index is 14.7. The first-order chi connectivity index (χ1) is 21.0. The third kappa shape index (κ3) is 5.08. The summed E-state index contributed by atoms with van der Waals surface area (Å²) in [7, 11) is 0. The Morgan fingerprint density at radius 2 is 1.58 bits per heavy atom. The lowest BCUT2D eigenvalue weighted by Crippen LogP contribution is -3.13. The highest BCUT2D eigenvalue weighted by Gasteiger charge is 2.70. The summed E-state index contributed by atoms with van der Waals surface area (Å²) in [6.45, 7) is 21.7. The normalized spacial score (nSPS) is 46.0. The fraction of sp³-hybridized carbons (Fsp3) is 0.872. The first kappa shape index (κ1) is 33.2. The van der Waals surface area contributed by atoms with Gasteiger partial charge in [-0.3, -0.25) is 14.4 Å². The van der Waals surface area contributed by atoms with Crippen molar-refractivity contribution in [3.05, 3.63) is 11.6 Å². The zero-order chi connectivity index (χ0) is 32.6. The quantitative estimate of drug-likeness (QED) is 0.353. The van der Waals surface area contributed by atoms with Crippen LogP contribution in [0.15, 0.2) is 11.6 Å². The molecule has 0 spiro atoms. The van der Waals surface area contributed by atoms with Gasteiger partial charge in [0.1, 0.15) is 19.3 Å². The van der Waals surface area contributed by atoms with E-state index in [9.17, 15) is 14.4 Å². The van der Waals surface area contributed by atoms with E-state index >= 15 is 0 Å². The summed E-state index contributed by atoms with van der Waals surface area (Å²) in [5.41, 5.74) is 0.388. The second-order valence-electron chi connectivity index (χ2n) is 18.4. The third-order valence-electron chi connectivity index (χ3n) is 15.6. The van der Waals surface area contributed by atoms with Crippen LogP contribution in [0.1, 0.15) is 132 Å². The Morgan fingerprint density at radius 3 is 2.27 bits per heavy atom. The summed E-state index contributed by atoms with van der Waals surface area (Å²) >= 11 is 0. The lowest BCUT2D eigenvalue weighted by atomic mass is 9.33. The van der Waals surface area contributed by atoms with Gasteiger partial charge in [0, 0.05) is 18.3 Å². The lowest BCUT2D eigenvalue weighted by molar-refractivity contribution is -0.905. The molecule has 0 aromatic carbocycles. The minimum Gasteiger partial charge on any atom is -0.462 e. The predicted molar refractivity (Wildman–Crippen MR) is 175 cm³/mol. The van der Waals surface area contributed by atoms with Crippen LogP contribution in [-0.2, 0) is 23.9 Å². The number of nitrogens with one attached hydrogen (secondary N) is 1. The zero-order valence-corrected chi connectivity index (χ0v) is 29.7. The largest absolute Gasteiger partial charge is 0.462 e. The Hall–Kier alpha value is -1.69. The molecule has 45 heavy (non-hydrogen) atoms. The Balaban J connectivity index is 1.27. The Morgan fingerprint density at radius 1 is 0.889 bits per heavy atom. The van der Waals surface area contributed by atoms with Gasteiger partial charge in [0.05, 0.1) is 18.5 Å². The number of likely N-dealkylation sites (tertiary alicyclic amines) is 1. The molecule has 0 radical (unpaired) electrons. The molecule has 0 aromatic heterocycles. The lowest BCUT2D eigenvalue weighted by Gasteiger charge is -2.70. The van der Waals surface area contributed by atoms with Crippen molar-refractivity contribution >= 4 is 17.7 Å². The van der Waals surface area contributed by atoms with E-state index in [1.54, 1.807) is 4.90 Å². The molecule has 0 bridgehead atoms. The first-order valence-corrected chi connectivity index (χ1v) is 18.4. The van der Waals surface area contributed by atoms with Gasteiger partial charge in [-0.05, 0) is 124 Å². The molecule has 5 aliphatic carbocycles. The standard InChI is InChI=1S/C39H61NO5/c1-26(41)45-31-13-14-37(6)30(34(31,2)3)12-15-39(8)32(37)29(42)24-27-28-25-36(5,17-16-35(28,4)18-19-38(27,39)7)33(43)44-23-22-40-20-10-9-11-21-40/h24,28,30-32H,9-23,25H2,1-8H3/p+1/t28-,30-,31-,32-,35-,36+,37-,38+,39-/m1/s1. The van der Waals surface area contributed by atoms with Crippen molar-refractivity contribution in [1.82, 2.24) is 0 Å². The van der Waals surface area contributed by atoms with E-state index in [0.717, 1.165) is 64.3 Å². The number of rotatable bonds is 5. The highest BCUT2D eigenvalue weighted by Crippen LogP contribution is 2.75. The summed E-state index contributed by atoms with van der Waals surface area (Å²) in [4.78, 5) is 42.0. The molecule has 0 unspecified atom stereocenters. The van der Waals surface area contributed by atoms with Crippen LogP contribution in [0.4, 0.5) is 0 Å². The second-order valence-corrected chi connectivity index (χ2v) is 18.4. The maximum absolute atomic E-state index is 14.7. The van der Waals surface area contributed by atoms with Crippen LogP contribution in [0.25, 0.3) is 0 Å². The molecule has 1 heterocycles. The van der Waals surface area contributed by atoms with Gasteiger partial charge in [0.25, 0.3) is 0 Å². The third-order valence-corrected chi connectivity index (χ3v) is 15.6. The van der Waals surface area contributed by atoms with Crippen LogP contribution in [0.5, 0.6) is 0 Å².